The molecule has 0 aliphatic carbocycles. The zero-order valence-electron chi connectivity index (χ0n) is 14.8. The molecular formula is C19H20ClN2O3P. The molecule has 7 heteroatoms. The van der Waals surface area contributed by atoms with Crippen LogP contribution in [0.3, 0.4) is 0 Å². The molecule has 0 aliphatic heterocycles. The smallest absolute Gasteiger partial charge is 0.266 e. The molecule has 1 heterocycles. The Bertz CT molecular complexity index is 1040. The summed E-state index contributed by atoms with van der Waals surface area (Å²) in [5.74, 6) is -0.698. The van der Waals surface area contributed by atoms with Crippen molar-refractivity contribution in [3.8, 4) is 0 Å². The van der Waals surface area contributed by atoms with Crippen LogP contribution in [0.15, 0.2) is 36.4 Å². The molecule has 0 saturated heterocycles. The lowest BCUT2D eigenvalue weighted by atomic mass is 10.2. The van der Waals surface area contributed by atoms with Gasteiger partial charge in [-0.2, -0.15) is 0 Å². The summed E-state index contributed by atoms with van der Waals surface area (Å²) in [5, 5.41) is 1.84. The van der Waals surface area contributed by atoms with Crippen molar-refractivity contribution in [2.75, 3.05) is 6.61 Å². The number of carbonyl (C=O) groups excluding carboxylic acids is 1. The van der Waals surface area contributed by atoms with Crippen LogP contribution in [-0.2, 0) is 9.09 Å². The van der Waals surface area contributed by atoms with E-state index in [1.54, 1.807) is 25.1 Å². The van der Waals surface area contributed by atoms with Gasteiger partial charge in [0.1, 0.15) is 5.69 Å². The van der Waals surface area contributed by atoms with Crippen molar-refractivity contribution in [2.45, 2.75) is 20.8 Å². The Morgan fingerprint density at radius 2 is 1.85 bits per heavy atom. The van der Waals surface area contributed by atoms with E-state index in [1.165, 1.54) is 0 Å². The highest BCUT2D eigenvalue weighted by molar-refractivity contribution is 7.75. The Labute approximate surface area is 156 Å². The number of amides is 1. The summed E-state index contributed by atoms with van der Waals surface area (Å²) in [4.78, 5) is 15.0. The second-order valence-electron chi connectivity index (χ2n) is 6.22. The molecule has 2 aromatic carbocycles. The highest BCUT2D eigenvalue weighted by Crippen LogP contribution is 2.48. The predicted molar refractivity (Wildman–Crippen MR) is 106 cm³/mol. The third-order valence-corrected chi connectivity index (χ3v) is 6.98. The number of primary amides is 1. The lowest BCUT2D eigenvalue weighted by molar-refractivity contribution is 0.0997. The Morgan fingerprint density at radius 3 is 2.42 bits per heavy atom. The van der Waals surface area contributed by atoms with Gasteiger partial charge in [0.05, 0.1) is 11.9 Å². The summed E-state index contributed by atoms with van der Waals surface area (Å²) in [6.45, 7) is 5.83. The maximum Gasteiger partial charge on any atom is 0.266 e. The van der Waals surface area contributed by atoms with Crippen LogP contribution in [0.4, 0.5) is 0 Å². The van der Waals surface area contributed by atoms with Gasteiger partial charge in [0.25, 0.3) is 13.3 Å². The first-order valence-corrected chi connectivity index (χ1v) is 10.2. The number of H-pyrrole nitrogens is 1. The average Bonchev–Trinajstić information content (AvgIpc) is 2.93. The van der Waals surface area contributed by atoms with Crippen LogP contribution in [0, 0.1) is 13.8 Å². The van der Waals surface area contributed by atoms with E-state index in [1.807, 2.05) is 32.0 Å². The van der Waals surface area contributed by atoms with Crippen LogP contribution in [0.5, 0.6) is 0 Å². The monoisotopic (exact) mass is 390 g/mol. The van der Waals surface area contributed by atoms with Crippen molar-refractivity contribution >= 4 is 46.4 Å². The SMILES string of the molecule is CCOP(=O)(c1cc(C)cc(C)c1)c1c(C(N)=O)[nH]c2ccc(Cl)cc12. The molecule has 0 aliphatic rings. The number of fused-ring (bicyclic) bond motifs is 1. The topological polar surface area (TPSA) is 85.2 Å². The molecule has 0 spiro atoms. The van der Waals surface area contributed by atoms with Crippen molar-refractivity contribution in [2.24, 2.45) is 5.73 Å². The van der Waals surface area contributed by atoms with Crippen LogP contribution in [0.1, 0.15) is 28.5 Å². The van der Waals surface area contributed by atoms with E-state index in [-0.39, 0.29) is 17.6 Å². The molecule has 0 fully saturated rings. The molecule has 0 radical (unpaired) electrons. The first kappa shape index (κ1) is 18.7. The summed E-state index contributed by atoms with van der Waals surface area (Å²) in [5.41, 5.74) is 8.19. The zero-order chi connectivity index (χ0) is 19.1. The molecule has 1 unspecified atom stereocenters. The summed E-state index contributed by atoms with van der Waals surface area (Å²) in [6, 6.07) is 10.7. The summed E-state index contributed by atoms with van der Waals surface area (Å²) in [6.07, 6.45) is 0. The number of benzene rings is 2. The van der Waals surface area contributed by atoms with Crippen molar-refractivity contribution in [1.82, 2.24) is 4.98 Å². The van der Waals surface area contributed by atoms with Gasteiger partial charge in [0.2, 0.25) is 0 Å². The minimum atomic E-state index is -3.58. The second-order valence-corrected chi connectivity index (χ2v) is 8.98. The van der Waals surface area contributed by atoms with Gasteiger partial charge < -0.3 is 15.2 Å². The number of hydrogen-bond acceptors (Lipinski definition) is 3. The van der Waals surface area contributed by atoms with Gasteiger partial charge in [-0.3, -0.25) is 9.36 Å². The van der Waals surface area contributed by atoms with Crippen LogP contribution in [0.2, 0.25) is 5.02 Å². The number of aryl methyl sites for hydroxylation is 2. The Morgan fingerprint density at radius 1 is 1.19 bits per heavy atom. The fraction of sp³-hybridized carbons (Fsp3) is 0.211. The van der Waals surface area contributed by atoms with Gasteiger partial charge in [-0.15, -0.1) is 0 Å². The average molecular weight is 391 g/mol. The molecule has 3 N–H and O–H groups in total. The Kier molecular flexibility index (Phi) is 4.98. The number of hydrogen-bond donors (Lipinski definition) is 2. The minimum Gasteiger partial charge on any atom is -0.364 e. The lowest BCUT2D eigenvalue weighted by Gasteiger charge is -2.20. The Balaban J connectivity index is 2.42. The fourth-order valence-corrected chi connectivity index (χ4v) is 5.99. The van der Waals surface area contributed by atoms with Gasteiger partial charge in [0, 0.05) is 21.2 Å². The fourth-order valence-electron chi connectivity index (χ4n) is 3.20. The van der Waals surface area contributed by atoms with E-state index >= 15 is 0 Å². The molecule has 0 bridgehead atoms. The van der Waals surface area contributed by atoms with Crippen LogP contribution < -0.4 is 16.3 Å². The third-order valence-electron chi connectivity index (χ3n) is 4.13. The van der Waals surface area contributed by atoms with Gasteiger partial charge >= 0.3 is 0 Å². The third kappa shape index (κ3) is 3.18. The summed E-state index contributed by atoms with van der Waals surface area (Å²) < 4.78 is 19.9. The van der Waals surface area contributed by atoms with E-state index < -0.39 is 13.3 Å². The number of rotatable bonds is 5. The predicted octanol–water partition coefficient (Wildman–Crippen LogP) is 3.80. The number of aromatic nitrogens is 1. The largest absolute Gasteiger partial charge is 0.364 e. The van der Waals surface area contributed by atoms with Crippen molar-refractivity contribution < 1.29 is 13.9 Å². The molecule has 1 aromatic heterocycles. The van der Waals surface area contributed by atoms with Crippen LogP contribution in [-0.4, -0.2) is 17.5 Å². The molecule has 1 atom stereocenters. The normalized spacial score (nSPS) is 13.7. The van der Waals surface area contributed by atoms with E-state index in [9.17, 15) is 9.36 Å². The minimum absolute atomic E-state index is 0.0817. The zero-order valence-corrected chi connectivity index (χ0v) is 16.4. The van der Waals surface area contributed by atoms with E-state index in [0.29, 0.717) is 21.2 Å². The lowest BCUT2D eigenvalue weighted by Crippen LogP contribution is -2.26. The maximum atomic E-state index is 14.1. The first-order valence-electron chi connectivity index (χ1n) is 8.21. The summed E-state index contributed by atoms with van der Waals surface area (Å²) in [7, 11) is -3.58. The molecule has 26 heavy (non-hydrogen) atoms. The highest BCUT2D eigenvalue weighted by atomic mass is 35.5. The quantitative estimate of drug-likeness (QED) is 0.650. The molecule has 3 aromatic rings. The number of nitrogens with two attached hydrogens (primary N) is 1. The molecular weight excluding hydrogens is 371 g/mol. The van der Waals surface area contributed by atoms with E-state index in [2.05, 4.69) is 4.98 Å². The van der Waals surface area contributed by atoms with Crippen LogP contribution in [0.25, 0.3) is 10.9 Å². The molecule has 3 rings (SSSR count). The number of carbonyl (C=O) groups is 1. The number of halogens is 1. The maximum absolute atomic E-state index is 14.1. The van der Waals surface area contributed by atoms with Gasteiger partial charge in [-0.05, 0) is 51.1 Å². The van der Waals surface area contributed by atoms with Crippen molar-refractivity contribution in [1.29, 1.82) is 0 Å². The number of nitrogens with one attached hydrogen (secondary N) is 1. The van der Waals surface area contributed by atoms with Gasteiger partial charge in [0.15, 0.2) is 0 Å². The van der Waals surface area contributed by atoms with Crippen LogP contribution >= 0.6 is 19.0 Å². The molecule has 1 amide bonds. The Hall–Kier alpha value is -2.07. The number of aromatic amines is 1. The molecule has 0 saturated carbocycles. The van der Waals surface area contributed by atoms with E-state index in [0.717, 1.165) is 11.1 Å². The van der Waals surface area contributed by atoms with Gasteiger partial charge in [-0.1, -0.05) is 28.8 Å². The van der Waals surface area contributed by atoms with Crippen molar-refractivity contribution in [3.05, 3.63) is 58.2 Å². The standard InChI is InChI=1S/C19H20ClN2O3P/c1-4-25-26(24,14-8-11(2)7-12(3)9-14)18-15-10-13(20)5-6-16(15)22-17(18)19(21)23/h5-10,22H,4H2,1-3H3,(H2,21,23). The molecule has 5 nitrogen and oxygen atoms in total. The van der Waals surface area contributed by atoms with E-state index in [4.69, 9.17) is 21.9 Å². The summed E-state index contributed by atoms with van der Waals surface area (Å²) >= 11 is 6.14. The highest BCUT2D eigenvalue weighted by Gasteiger charge is 2.36. The second kappa shape index (κ2) is 6.92. The first-order chi connectivity index (χ1) is 12.3. The molecule has 136 valence electrons. The van der Waals surface area contributed by atoms with Crippen molar-refractivity contribution in [3.63, 3.8) is 0 Å². The van der Waals surface area contributed by atoms with Gasteiger partial charge in [-0.25, -0.2) is 0 Å².